The second-order valence-corrected chi connectivity index (χ2v) is 6.97. The van der Waals surface area contributed by atoms with E-state index in [4.69, 9.17) is 9.47 Å². The maximum atomic E-state index is 12.6. The van der Waals surface area contributed by atoms with Gasteiger partial charge in [0.05, 0.1) is 0 Å². The number of ether oxygens (including phenoxy) is 2. The third-order valence-electron chi connectivity index (χ3n) is 5.03. The third-order valence-corrected chi connectivity index (χ3v) is 5.03. The summed E-state index contributed by atoms with van der Waals surface area (Å²) in [7, 11) is 0. The fourth-order valence-corrected chi connectivity index (χ4v) is 3.51. The summed E-state index contributed by atoms with van der Waals surface area (Å²) >= 11 is 0. The number of hydrogen-bond donors (Lipinski definition) is 1. The molecule has 148 valence electrons. The SMILES string of the molecule is O=C(Nc1ccc2c(c1)OCO2)c1cn(-c2cc(N3CCCCC3)ncn2)cn1. The fourth-order valence-electron chi connectivity index (χ4n) is 3.51. The summed E-state index contributed by atoms with van der Waals surface area (Å²) in [5.74, 6) is 2.54. The molecule has 2 aliphatic rings. The molecule has 0 atom stereocenters. The minimum absolute atomic E-state index is 0.190. The van der Waals surface area contributed by atoms with Gasteiger partial charge in [0.25, 0.3) is 5.91 Å². The van der Waals surface area contributed by atoms with Crippen molar-refractivity contribution in [2.24, 2.45) is 0 Å². The minimum Gasteiger partial charge on any atom is -0.454 e. The van der Waals surface area contributed by atoms with Crippen molar-refractivity contribution >= 4 is 17.4 Å². The molecule has 3 aromatic rings. The number of benzene rings is 1. The van der Waals surface area contributed by atoms with Crippen molar-refractivity contribution in [3.8, 4) is 17.3 Å². The molecular formula is C20H20N6O3. The maximum Gasteiger partial charge on any atom is 0.275 e. The summed E-state index contributed by atoms with van der Waals surface area (Å²) in [6.07, 6.45) is 8.40. The smallest absolute Gasteiger partial charge is 0.275 e. The molecule has 1 fully saturated rings. The van der Waals surface area contributed by atoms with Crippen molar-refractivity contribution in [1.29, 1.82) is 0 Å². The molecule has 4 heterocycles. The first kappa shape index (κ1) is 17.5. The molecule has 0 radical (unpaired) electrons. The Balaban J connectivity index is 1.32. The van der Waals surface area contributed by atoms with Gasteiger partial charge in [0.15, 0.2) is 11.5 Å². The molecule has 1 aromatic carbocycles. The molecule has 9 nitrogen and oxygen atoms in total. The number of imidazole rings is 1. The molecule has 1 saturated heterocycles. The van der Waals surface area contributed by atoms with E-state index in [-0.39, 0.29) is 12.7 Å². The molecule has 0 saturated carbocycles. The molecule has 9 heteroatoms. The standard InChI is InChI=1S/C20H20N6O3/c27-20(24-14-4-5-16-17(8-14)29-13-28-16)15-10-26(12-23-15)19-9-18(21-11-22-19)25-6-2-1-3-7-25/h4-5,8-12H,1-3,6-7,13H2,(H,24,27). The van der Waals surface area contributed by atoms with Crippen LogP contribution in [0.4, 0.5) is 11.5 Å². The fraction of sp³-hybridized carbons (Fsp3) is 0.300. The highest BCUT2D eigenvalue weighted by atomic mass is 16.7. The van der Waals surface area contributed by atoms with E-state index in [2.05, 4.69) is 25.2 Å². The van der Waals surface area contributed by atoms with E-state index in [9.17, 15) is 4.79 Å². The number of carbonyl (C=O) groups is 1. The quantitative estimate of drug-likeness (QED) is 0.729. The Kier molecular flexibility index (Phi) is 4.47. The van der Waals surface area contributed by atoms with Crippen LogP contribution in [-0.2, 0) is 0 Å². The number of nitrogens with zero attached hydrogens (tertiary/aromatic N) is 5. The number of piperidine rings is 1. The van der Waals surface area contributed by atoms with Crippen LogP contribution in [0.5, 0.6) is 11.5 Å². The number of hydrogen-bond acceptors (Lipinski definition) is 7. The van der Waals surface area contributed by atoms with Gasteiger partial charge in [-0.05, 0) is 31.4 Å². The normalized spacial score (nSPS) is 15.4. The Morgan fingerprint density at radius 2 is 1.79 bits per heavy atom. The molecule has 2 aromatic heterocycles. The van der Waals surface area contributed by atoms with Crippen molar-refractivity contribution in [1.82, 2.24) is 19.5 Å². The number of nitrogens with one attached hydrogen (secondary N) is 1. The molecule has 29 heavy (non-hydrogen) atoms. The van der Waals surface area contributed by atoms with Crippen molar-refractivity contribution < 1.29 is 14.3 Å². The zero-order chi connectivity index (χ0) is 19.6. The summed E-state index contributed by atoms with van der Waals surface area (Å²) in [6, 6.07) is 7.18. The van der Waals surface area contributed by atoms with Gasteiger partial charge in [-0.25, -0.2) is 15.0 Å². The van der Waals surface area contributed by atoms with Crippen LogP contribution in [0.25, 0.3) is 5.82 Å². The molecule has 2 aliphatic heterocycles. The van der Waals surface area contributed by atoms with Gasteiger partial charge >= 0.3 is 0 Å². The van der Waals surface area contributed by atoms with Gasteiger partial charge in [0.1, 0.15) is 30.0 Å². The highest BCUT2D eigenvalue weighted by Crippen LogP contribution is 2.34. The molecular weight excluding hydrogens is 372 g/mol. The molecule has 0 unspecified atom stereocenters. The topological polar surface area (TPSA) is 94.4 Å². The summed E-state index contributed by atoms with van der Waals surface area (Å²) in [4.78, 5) is 27.8. The lowest BCUT2D eigenvalue weighted by atomic mass is 10.1. The Morgan fingerprint density at radius 3 is 2.69 bits per heavy atom. The van der Waals surface area contributed by atoms with Crippen LogP contribution in [0.1, 0.15) is 29.8 Å². The molecule has 0 aliphatic carbocycles. The van der Waals surface area contributed by atoms with E-state index in [1.807, 2.05) is 6.07 Å². The first-order valence-electron chi connectivity index (χ1n) is 9.59. The van der Waals surface area contributed by atoms with Crippen LogP contribution in [0, 0.1) is 0 Å². The molecule has 0 bridgehead atoms. The Hall–Kier alpha value is -3.62. The number of fused-ring (bicyclic) bond motifs is 1. The summed E-state index contributed by atoms with van der Waals surface area (Å²) in [6.45, 7) is 2.20. The van der Waals surface area contributed by atoms with Crippen molar-refractivity contribution in [2.75, 3.05) is 30.1 Å². The molecule has 0 spiro atoms. The predicted molar refractivity (Wildman–Crippen MR) is 106 cm³/mol. The van der Waals surface area contributed by atoms with E-state index in [0.717, 1.165) is 18.9 Å². The van der Waals surface area contributed by atoms with Crippen LogP contribution in [0.2, 0.25) is 0 Å². The van der Waals surface area contributed by atoms with E-state index in [1.54, 1.807) is 41.6 Å². The van der Waals surface area contributed by atoms with Gasteiger partial charge in [-0.1, -0.05) is 0 Å². The lowest BCUT2D eigenvalue weighted by molar-refractivity contribution is 0.102. The number of rotatable bonds is 4. The Bertz CT molecular complexity index is 1040. The van der Waals surface area contributed by atoms with Gasteiger partial charge in [-0.2, -0.15) is 0 Å². The first-order chi connectivity index (χ1) is 14.3. The van der Waals surface area contributed by atoms with Crippen molar-refractivity contribution in [3.63, 3.8) is 0 Å². The van der Waals surface area contributed by atoms with Gasteiger partial charge < -0.3 is 19.7 Å². The molecule has 5 rings (SSSR count). The Labute approximate surface area is 167 Å². The maximum absolute atomic E-state index is 12.6. The third kappa shape index (κ3) is 3.58. The van der Waals surface area contributed by atoms with Crippen LogP contribution in [-0.4, -0.2) is 45.3 Å². The van der Waals surface area contributed by atoms with E-state index < -0.39 is 0 Å². The average molecular weight is 392 g/mol. The highest BCUT2D eigenvalue weighted by Gasteiger charge is 2.17. The van der Waals surface area contributed by atoms with Crippen molar-refractivity contribution in [3.05, 3.63) is 48.8 Å². The number of aromatic nitrogens is 4. The van der Waals surface area contributed by atoms with Crippen LogP contribution in [0.3, 0.4) is 0 Å². The van der Waals surface area contributed by atoms with Crippen LogP contribution >= 0.6 is 0 Å². The minimum atomic E-state index is -0.312. The van der Waals surface area contributed by atoms with Gasteiger partial charge in [-0.15, -0.1) is 0 Å². The highest BCUT2D eigenvalue weighted by molar-refractivity contribution is 6.02. The predicted octanol–water partition coefficient (Wildman–Crippen LogP) is 2.63. The Morgan fingerprint density at radius 1 is 0.966 bits per heavy atom. The number of amides is 1. The largest absolute Gasteiger partial charge is 0.454 e. The number of carbonyl (C=O) groups excluding carboxylic acids is 1. The van der Waals surface area contributed by atoms with Crippen molar-refractivity contribution in [2.45, 2.75) is 19.3 Å². The van der Waals surface area contributed by atoms with Crippen LogP contribution < -0.4 is 19.7 Å². The van der Waals surface area contributed by atoms with Crippen LogP contribution in [0.15, 0.2) is 43.1 Å². The van der Waals surface area contributed by atoms with Gasteiger partial charge in [-0.3, -0.25) is 9.36 Å². The number of anilines is 2. The van der Waals surface area contributed by atoms with E-state index in [0.29, 0.717) is 28.7 Å². The monoisotopic (exact) mass is 392 g/mol. The zero-order valence-corrected chi connectivity index (χ0v) is 15.7. The van der Waals surface area contributed by atoms with E-state index in [1.165, 1.54) is 19.3 Å². The van der Waals surface area contributed by atoms with E-state index >= 15 is 0 Å². The zero-order valence-electron chi connectivity index (χ0n) is 15.7. The molecule has 1 amide bonds. The summed E-state index contributed by atoms with van der Waals surface area (Å²) in [5.41, 5.74) is 0.907. The summed E-state index contributed by atoms with van der Waals surface area (Å²) < 4.78 is 12.3. The van der Waals surface area contributed by atoms with Gasteiger partial charge in [0.2, 0.25) is 6.79 Å². The second-order valence-electron chi connectivity index (χ2n) is 6.97. The van der Waals surface area contributed by atoms with Gasteiger partial charge in [0, 0.05) is 37.1 Å². The lowest BCUT2D eigenvalue weighted by Gasteiger charge is -2.27. The second kappa shape index (κ2) is 7.42. The average Bonchev–Trinajstić information content (AvgIpc) is 3.44. The first-order valence-corrected chi connectivity index (χ1v) is 9.59. The summed E-state index contributed by atoms with van der Waals surface area (Å²) in [5, 5.41) is 2.82. The molecule has 1 N–H and O–H groups in total. The lowest BCUT2D eigenvalue weighted by Crippen LogP contribution is -2.30.